The molecule has 0 spiro atoms. The van der Waals surface area contributed by atoms with Gasteiger partial charge in [0, 0.05) is 20.9 Å². The van der Waals surface area contributed by atoms with E-state index in [-0.39, 0.29) is 5.75 Å². The number of anilines is 1. The van der Waals surface area contributed by atoms with E-state index in [2.05, 4.69) is 27.9 Å². The van der Waals surface area contributed by atoms with Crippen molar-refractivity contribution in [3.05, 3.63) is 69.8 Å². The van der Waals surface area contributed by atoms with Gasteiger partial charge in [0.1, 0.15) is 11.9 Å². The standard InChI is InChI=1S/C20H21IN2O5/c21-14-11-12-17(24)16(13-14)18(9-5-2-6-10-19(25)23-27)28-20(26)22-15-7-3-1-4-8-15/h1,3-4,6-8,10-13,18,24,27H,2,5,9H2,(H,22,26)(H,23,25)/b10-6+/t18-/m1/s1. The van der Waals surface area contributed by atoms with Crippen molar-refractivity contribution in [2.24, 2.45) is 0 Å². The molecular weight excluding hydrogens is 475 g/mol. The number of ether oxygens (including phenoxy) is 1. The summed E-state index contributed by atoms with van der Waals surface area (Å²) in [6.07, 6.45) is 3.15. The van der Waals surface area contributed by atoms with E-state index in [1.807, 2.05) is 6.07 Å². The third-order valence-corrected chi connectivity index (χ3v) is 4.49. The van der Waals surface area contributed by atoms with Crippen LogP contribution in [-0.4, -0.2) is 22.3 Å². The minimum atomic E-state index is -0.654. The number of unbranched alkanes of at least 4 members (excludes halogenated alkanes) is 1. The lowest BCUT2D eigenvalue weighted by Crippen LogP contribution is -2.18. The van der Waals surface area contributed by atoms with Crippen LogP contribution in [0.15, 0.2) is 60.7 Å². The van der Waals surface area contributed by atoms with Gasteiger partial charge in [-0.05, 0) is 72.2 Å². The van der Waals surface area contributed by atoms with Gasteiger partial charge in [-0.1, -0.05) is 24.3 Å². The first-order chi connectivity index (χ1) is 13.5. The highest BCUT2D eigenvalue weighted by Gasteiger charge is 2.20. The molecule has 148 valence electrons. The Bertz CT molecular complexity index is 827. The Morgan fingerprint density at radius 1 is 1.18 bits per heavy atom. The van der Waals surface area contributed by atoms with E-state index in [1.54, 1.807) is 48.5 Å². The number of halogens is 1. The fourth-order valence-corrected chi connectivity index (χ4v) is 3.02. The molecule has 2 aromatic rings. The first-order valence-corrected chi connectivity index (χ1v) is 9.69. The number of phenols is 1. The van der Waals surface area contributed by atoms with Gasteiger partial charge in [0.05, 0.1) is 0 Å². The lowest BCUT2D eigenvalue weighted by molar-refractivity contribution is -0.124. The summed E-state index contributed by atoms with van der Waals surface area (Å²) in [6.45, 7) is 0. The first-order valence-electron chi connectivity index (χ1n) is 8.61. The summed E-state index contributed by atoms with van der Waals surface area (Å²) in [4.78, 5) is 23.3. The molecule has 0 aliphatic rings. The summed E-state index contributed by atoms with van der Waals surface area (Å²) in [6, 6.07) is 14.0. The summed E-state index contributed by atoms with van der Waals surface area (Å²) in [5.74, 6) is -0.557. The van der Waals surface area contributed by atoms with Crippen LogP contribution in [0, 0.1) is 3.57 Å². The molecule has 28 heavy (non-hydrogen) atoms. The van der Waals surface area contributed by atoms with Crippen LogP contribution in [0.1, 0.15) is 30.9 Å². The van der Waals surface area contributed by atoms with Gasteiger partial charge < -0.3 is 9.84 Å². The van der Waals surface area contributed by atoms with Crippen LogP contribution in [0.2, 0.25) is 0 Å². The molecule has 0 saturated heterocycles. The highest BCUT2D eigenvalue weighted by atomic mass is 127. The maximum Gasteiger partial charge on any atom is 0.412 e. The molecule has 0 fully saturated rings. The maximum absolute atomic E-state index is 12.3. The minimum Gasteiger partial charge on any atom is -0.508 e. The van der Waals surface area contributed by atoms with Crippen LogP contribution in [0.5, 0.6) is 5.75 Å². The monoisotopic (exact) mass is 496 g/mol. The van der Waals surface area contributed by atoms with Gasteiger partial charge in [-0.15, -0.1) is 0 Å². The van der Waals surface area contributed by atoms with Gasteiger partial charge in [0.15, 0.2) is 0 Å². The number of phenolic OH excluding ortho intramolecular Hbond substituents is 1. The molecule has 0 heterocycles. The predicted molar refractivity (Wildman–Crippen MR) is 113 cm³/mol. The Labute approximate surface area is 176 Å². The Morgan fingerprint density at radius 3 is 2.64 bits per heavy atom. The second-order valence-corrected chi connectivity index (χ2v) is 7.14. The fourth-order valence-electron chi connectivity index (χ4n) is 2.51. The Kier molecular flexibility index (Phi) is 8.76. The molecule has 0 radical (unpaired) electrons. The van der Waals surface area contributed by atoms with Crippen LogP contribution in [0.4, 0.5) is 10.5 Å². The molecule has 0 bridgehead atoms. The van der Waals surface area contributed by atoms with Crippen molar-refractivity contribution in [1.29, 1.82) is 0 Å². The van der Waals surface area contributed by atoms with Crippen LogP contribution in [0.25, 0.3) is 0 Å². The number of aromatic hydroxyl groups is 1. The smallest absolute Gasteiger partial charge is 0.412 e. The summed E-state index contributed by atoms with van der Waals surface area (Å²) < 4.78 is 6.47. The molecule has 0 saturated carbocycles. The van der Waals surface area contributed by atoms with Crippen LogP contribution < -0.4 is 10.8 Å². The number of amides is 2. The molecular formula is C20H21IN2O5. The number of hydrogen-bond acceptors (Lipinski definition) is 5. The molecule has 0 aromatic heterocycles. The van der Waals surface area contributed by atoms with E-state index in [1.165, 1.54) is 11.6 Å². The first kappa shape index (κ1) is 21.7. The van der Waals surface area contributed by atoms with Crippen molar-refractivity contribution >= 4 is 40.3 Å². The number of hydroxylamine groups is 1. The molecule has 1 atom stereocenters. The molecule has 7 nitrogen and oxygen atoms in total. The lowest BCUT2D eigenvalue weighted by atomic mass is 10.0. The fraction of sp³-hybridized carbons (Fsp3) is 0.200. The van der Waals surface area contributed by atoms with E-state index < -0.39 is 18.1 Å². The van der Waals surface area contributed by atoms with Gasteiger partial charge >= 0.3 is 6.09 Å². The number of rotatable bonds is 8. The van der Waals surface area contributed by atoms with Gasteiger partial charge in [-0.2, -0.15) is 0 Å². The highest BCUT2D eigenvalue weighted by Crippen LogP contribution is 2.32. The quantitative estimate of drug-likeness (QED) is 0.141. The second kappa shape index (κ2) is 11.3. The number of carbonyl (C=O) groups excluding carboxylic acids is 2. The molecule has 2 aromatic carbocycles. The van der Waals surface area contributed by atoms with E-state index >= 15 is 0 Å². The number of nitrogens with one attached hydrogen (secondary N) is 2. The summed E-state index contributed by atoms with van der Waals surface area (Å²) in [7, 11) is 0. The van der Waals surface area contributed by atoms with Gasteiger partial charge in [-0.25, -0.2) is 10.3 Å². The van der Waals surface area contributed by atoms with Crippen molar-refractivity contribution in [2.45, 2.75) is 25.4 Å². The molecule has 0 aliphatic carbocycles. The van der Waals surface area contributed by atoms with E-state index in [0.29, 0.717) is 30.5 Å². The van der Waals surface area contributed by atoms with Gasteiger partial charge in [0.2, 0.25) is 0 Å². The minimum absolute atomic E-state index is 0.0492. The molecule has 8 heteroatoms. The van der Waals surface area contributed by atoms with Crippen molar-refractivity contribution < 1.29 is 24.6 Å². The molecule has 0 aliphatic heterocycles. The number of benzene rings is 2. The highest BCUT2D eigenvalue weighted by molar-refractivity contribution is 14.1. The number of carbonyl (C=O) groups is 2. The van der Waals surface area contributed by atoms with E-state index in [9.17, 15) is 14.7 Å². The third-order valence-electron chi connectivity index (χ3n) is 3.82. The van der Waals surface area contributed by atoms with Crippen LogP contribution >= 0.6 is 22.6 Å². The second-order valence-electron chi connectivity index (χ2n) is 5.90. The SMILES string of the molecule is O=C(/C=C/CCC[C@@H](OC(=O)Nc1ccccc1)c1cc(I)ccc1O)NO. The Hall–Kier alpha value is -2.59. The Balaban J connectivity index is 2.05. The topological polar surface area (TPSA) is 108 Å². The van der Waals surface area contributed by atoms with Crippen molar-refractivity contribution in [1.82, 2.24) is 5.48 Å². The predicted octanol–water partition coefficient (Wildman–Crippen LogP) is 4.52. The zero-order chi connectivity index (χ0) is 20.4. The third kappa shape index (κ3) is 7.20. The van der Waals surface area contributed by atoms with E-state index in [4.69, 9.17) is 9.94 Å². The summed E-state index contributed by atoms with van der Waals surface area (Å²) in [5.41, 5.74) is 2.64. The van der Waals surface area contributed by atoms with Crippen molar-refractivity contribution in [3.8, 4) is 5.75 Å². The van der Waals surface area contributed by atoms with Crippen LogP contribution in [0.3, 0.4) is 0 Å². The van der Waals surface area contributed by atoms with Gasteiger partial charge in [-0.3, -0.25) is 15.3 Å². The number of allylic oxidation sites excluding steroid dienone is 1. The van der Waals surface area contributed by atoms with Gasteiger partial charge in [0.25, 0.3) is 5.91 Å². The van der Waals surface area contributed by atoms with E-state index in [0.717, 1.165) is 3.57 Å². The summed E-state index contributed by atoms with van der Waals surface area (Å²) in [5, 5.41) is 21.3. The lowest BCUT2D eigenvalue weighted by Gasteiger charge is -2.20. The van der Waals surface area contributed by atoms with Crippen molar-refractivity contribution in [2.75, 3.05) is 5.32 Å². The molecule has 2 rings (SSSR count). The largest absolute Gasteiger partial charge is 0.508 e. The Morgan fingerprint density at radius 2 is 1.93 bits per heavy atom. The van der Waals surface area contributed by atoms with Crippen molar-refractivity contribution in [3.63, 3.8) is 0 Å². The average Bonchev–Trinajstić information content (AvgIpc) is 2.69. The molecule has 0 unspecified atom stereocenters. The number of para-hydroxylation sites is 1. The zero-order valence-corrected chi connectivity index (χ0v) is 17.1. The molecule has 2 amide bonds. The summed E-state index contributed by atoms with van der Waals surface area (Å²) >= 11 is 2.12. The maximum atomic E-state index is 12.3. The van der Waals surface area contributed by atoms with Crippen LogP contribution in [-0.2, 0) is 9.53 Å². The normalized spacial score (nSPS) is 11.8. The average molecular weight is 496 g/mol. The number of hydrogen-bond donors (Lipinski definition) is 4. The molecule has 4 N–H and O–H groups in total. The zero-order valence-electron chi connectivity index (χ0n) is 15.0.